The van der Waals surface area contributed by atoms with Crippen molar-refractivity contribution in [2.24, 2.45) is 0 Å². The lowest BCUT2D eigenvalue weighted by atomic mass is 10.1. The van der Waals surface area contributed by atoms with Crippen LogP contribution in [0.5, 0.6) is 0 Å². The Bertz CT molecular complexity index is 135. The Kier molecular flexibility index (Phi) is 6.58. The van der Waals surface area contributed by atoms with Gasteiger partial charge >= 0.3 is 0 Å². The van der Waals surface area contributed by atoms with Gasteiger partial charge in [-0.1, -0.05) is 37.1 Å². The van der Waals surface area contributed by atoms with Crippen LogP contribution in [0.25, 0.3) is 0 Å². The van der Waals surface area contributed by atoms with Crippen LogP contribution in [0.4, 0.5) is 0 Å². The summed E-state index contributed by atoms with van der Waals surface area (Å²) >= 11 is 0. The van der Waals surface area contributed by atoms with Crippen molar-refractivity contribution >= 4 is 0 Å². The van der Waals surface area contributed by atoms with E-state index < -0.39 is 0 Å². The van der Waals surface area contributed by atoms with Gasteiger partial charge < -0.3 is 0 Å². The van der Waals surface area contributed by atoms with Crippen molar-refractivity contribution in [3.63, 3.8) is 0 Å². The molecule has 0 aromatic carbocycles. The topological polar surface area (TPSA) is 0 Å². The lowest BCUT2D eigenvalue weighted by molar-refractivity contribution is 0.698. The third-order valence-corrected chi connectivity index (χ3v) is 2.41. The van der Waals surface area contributed by atoms with Gasteiger partial charge in [-0.15, -0.1) is 0 Å². The van der Waals surface area contributed by atoms with Gasteiger partial charge in [0.15, 0.2) is 0 Å². The van der Waals surface area contributed by atoms with E-state index >= 15 is 0 Å². The molecule has 73 valence electrons. The van der Waals surface area contributed by atoms with Gasteiger partial charge in [0.2, 0.25) is 0 Å². The maximum absolute atomic E-state index is 2.45. The van der Waals surface area contributed by atoms with Crippen LogP contribution in [0.2, 0.25) is 0 Å². The minimum absolute atomic E-state index is 1.13. The Morgan fingerprint density at radius 3 is 2.00 bits per heavy atom. The quantitative estimate of drug-likeness (QED) is 0.480. The SMILES string of the molecule is [CH]1CCC/C=C/C/C=C/CCCC1. The Hall–Kier alpha value is -0.520. The molecule has 0 saturated heterocycles. The van der Waals surface area contributed by atoms with Crippen LogP contribution >= 0.6 is 0 Å². The van der Waals surface area contributed by atoms with E-state index in [2.05, 4.69) is 30.7 Å². The minimum atomic E-state index is 1.13. The molecule has 13 heavy (non-hydrogen) atoms. The average Bonchev–Trinajstić information content (AvgIpc) is 2.18. The van der Waals surface area contributed by atoms with Crippen molar-refractivity contribution in [1.82, 2.24) is 0 Å². The Labute approximate surface area is 82.7 Å². The second kappa shape index (κ2) is 8.10. The summed E-state index contributed by atoms with van der Waals surface area (Å²) in [4.78, 5) is 0. The minimum Gasteiger partial charge on any atom is -0.0882 e. The van der Waals surface area contributed by atoms with Gasteiger partial charge in [-0.25, -0.2) is 0 Å². The first kappa shape index (κ1) is 10.6. The molecular formula is C13H21. The summed E-state index contributed by atoms with van der Waals surface area (Å²) in [5.74, 6) is 0. The maximum Gasteiger partial charge on any atom is -0.0169 e. The van der Waals surface area contributed by atoms with Crippen molar-refractivity contribution in [2.45, 2.75) is 51.4 Å². The molecule has 0 spiro atoms. The van der Waals surface area contributed by atoms with Gasteiger partial charge in [-0.05, 0) is 44.9 Å². The summed E-state index contributed by atoms with van der Waals surface area (Å²) in [7, 11) is 0. The highest BCUT2D eigenvalue weighted by atomic mass is 14.0. The van der Waals surface area contributed by atoms with Crippen LogP contribution < -0.4 is 0 Å². The highest BCUT2D eigenvalue weighted by Gasteiger charge is 1.90. The second-order valence-corrected chi connectivity index (χ2v) is 3.68. The number of rotatable bonds is 0. The fourth-order valence-electron chi connectivity index (χ4n) is 1.58. The van der Waals surface area contributed by atoms with Crippen LogP contribution in [0, 0.1) is 6.42 Å². The van der Waals surface area contributed by atoms with Gasteiger partial charge in [-0.3, -0.25) is 0 Å². The van der Waals surface area contributed by atoms with Crippen LogP contribution in [0.1, 0.15) is 51.4 Å². The summed E-state index contributed by atoms with van der Waals surface area (Å²) < 4.78 is 0. The van der Waals surface area contributed by atoms with Crippen molar-refractivity contribution < 1.29 is 0 Å². The van der Waals surface area contributed by atoms with Crippen LogP contribution in [-0.2, 0) is 0 Å². The Balaban J connectivity index is 2.18. The largest absolute Gasteiger partial charge is 0.0882 e. The van der Waals surface area contributed by atoms with Gasteiger partial charge in [-0.2, -0.15) is 0 Å². The van der Waals surface area contributed by atoms with E-state index in [1.54, 1.807) is 0 Å². The number of hydrogen-bond acceptors (Lipinski definition) is 0. The van der Waals surface area contributed by atoms with Crippen LogP contribution in [0.3, 0.4) is 0 Å². The predicted molar refractivity (Wildman–Crippen MR) is 59.5 cm³/mol. The molecule has 0 atom stereocenters. The monoisotopic (exact) mass is 177 g/mol. The first-order valence-electron chi connectivity index (χ1n) is 5.62. The Morgan fingerprint density at radius 2 is 1.15 bits per heavy atom. The third-order valence-electron chi connectivity index (χ3n) is 2.41. The van der Waals surface area contributed by atoms with Crippen LogP contribution in [0.15, 0.2) is 24.3 Å². The van der Waals surface area contributed by atoms with Gasteiger partial charge in [0, 0.05) is 0 Å². The molecule has 1 aliphatic carbocycles. The summed E-state index contributed by atoms with van der Waals surface area (Å²) in [6.07, 6.45) is 22.0. The summed E-state index contributed by atoms with van der Waals surface area (Å²) in [6, 6.07) is 0. The highest BCUT2D eigenvalue weighted by Crippen LogP contribution is 2.09. The molecule has 0 heterocycles. The number of allylic oxidation sites excluding steroid dienone is 4. The van der Waals surface area contributed by atoms with Gasteiger partial charge in [0.1, 0.15) is 0 Å². The third kappa shape index (κ3) is 6.62. The fraction of sp³-hybridized carbons (Fsp3) is 0.615. The van der Waals surface area contributed by atoms with E-state index in [1.165, 1.54) is 44.9 Å². The zero-order valence-corrected chi connectivity index (χ0v) is 8.54. The lowest BCUT2D eigenvalue weighted by Crippen LogP contribution is -1.79. The summed E-state index contributed by atoms with van der Waals surface area (Å²) in [6.45, 7) is 0. The molecule has 0 nitrogen and oxygen atoms in total. The zero-order chi connectivity index (χ0) is 9.19. The number of hydrogen-bond donors (Lipinski definition) is 0. The molecule has 0 amide bonds. The molecule has 0 bridgehead atoms. The van der Waals surface area contributed by atoms with E-state index in [0.717, 1.165) is 6.42 Å². The first-order chi connectivity index (χ1) is 6.50. The molecule has 1 rings (SSSR count). The molecule has 0 saturated carbocycles. The summed E-state index contributed by atoms with van der Waals surface area (Å²) in [5.41, 5.74) is 0. The molecule has 0 aromatic rings. The molecule has 1 aliphatic rings. The van der Waals surface area contributed by atoms with E-state index in [9.17, 15) is 0 Å². The van der Waals surface area contributed by atoms with Gasteiger partial charge in [0.05, 0.1) is 0 Å². The molecule has 1 radical (unpaired) electrons. The van der Waals surface area contributed by atoms with E-state index in [1.807, 2.05) is 0 Å². The maximum atomic E-state index is 2.45. The molecule has 0 heteroatoms. The molecule has 0 unspecified atom stereocenters. The van der Waals surface area contributed by atoms with Crippen molar-refractivity contribution in [3.8, 4) is 0 Å². The zero-order valence-electron chi connectivity index (χ0n) is 8.54. The second-order valence-electron chi connectivity index (χ2n) is 3.68. The molecule has 0 fully saturated rings. The molecule has 0 aromatic heterocycles. The van der Waals surface area contributed by atoms with Crippen LogP contribution in [-0.4, -0.2) is 0 Å². The first-order valence-corrected chi connectivity index (χ1v) is 5.62. The normalized spacial score (nSPS) is 26.5. The fourth-order valence-corrected chi connectivity index (χ4v) is 1.58. The van der Waals surface area contributed by atoms with E-state index in [0.29, 0.717) is 0 Å². The van der Waals surface area contributed by atoms with Crippen molar-refractivity contribution in [1.29, 1.82) is 0 Å². The van der Waals surface area contributed by atoms with E-state index in [4.69, 9.17) is 0 Å². The molecule has 0 N–H and O–H groups in total. The van der Waals surface area contributed by atoms with Crippen molar-refractivity contribution in [2.75, 3.05) is 0 Å². The predicted octanol–water partition coefficient (Wildman–Crippen LogP) is 4.44. The lowest BCUT2D eigenvalue weighted by Gasteiger charge is -1.98. The average molecular weight is 177 g/mol. The molecular weight excluding hydrogens is 156 g/mol. The smallest absolute Gasteiger partial charge is 0.0169 e. The van der Waals surface area contributed by atoms with Gasteiger partial charge in [0.25, 0.3) is 0 Å². The summed E-state index contributed by atoms with van der Waals surface area (Å²) in [5, 5.41) is 0. The molecule has 0 aliphatic heterocycles. The van der Waals surface area contributed by atoms with Crippen molar-refractivity contribution in [3.05, 3.63) is 30.7 Å². The van der Waals surface area contributed by atoms with E-state index in [-0.39, 0.29) is 0 Å². The Morgan fingerprint density at radius 1 is 0.538 bits per heavy atom. The standard InChI is InChI=1S/C13H21/c1-2-4-6-8-10-12-13-11-9-7-5-3-1/h1-2,5,7,10H,3-4,6,8-9,11-13H2/b2-1+,7-5+. The highest BCUT2D eigenvalue weighted by molar-refractivity contribution is 4.93.